The van der Waals surface area contributed by atoms with E-state index >= 15 is 0 Å². The number of fused-ring (bicyclic) bond motifs is 1. The number of aryl methyl sites for hydroxylation is 1. The number of aromatic nitrogens is 5. The Labute approximate surface area is 114 Å². The van der Waals surface area contributed by atoms with Crippen LogP contribution in [0, 0.1) is 0 Å². The second-order valence-corrected chi connectivity index (χ2v) is 5.44. The van der Waals surface area contributed by atoms with Gasteiger partial charge in [-0.15, -0.1) is 10.2 Å². The molecule has 0 unspecified atom stereocenters. The monoisotopic (exact) mass is 277 g/mol. The first kappa shape index (κ1) is 12.2. The fourth-order valence-corrected chi connectivity index (χ4v) is 3.04. The number of hydrogen-bond donors (Lipinski definition) is 2. The van der Waals surface area contributed by atoms with Crippen LogP contribution in [-0.2, 0) is 13.0 Å². The minimum atomic E-state index is 0.179. The Morgan fingerprint density at radius 1 is 1.11 bits per heavy atom. The van der Waals surface area contributed by atoms with Gasteiger partial charge in [0, 0.05) is 19.0 Å². The zero-order valence-electron chi connectivity index (χ0n) is 10.4. The average Bonchev–Trinajstić information content (AvgIpc) is 2.59. The molecule has 1 aliphatic heterocycles. The van der Waals surface area contributed by atoms with Crippen LogP contribution in [0.4, 0.5) is 11.8 Å². The van der Waals surface area contributed by atoms with Crippen molar-refractivity contribution in [3.63, 3.8) is 0 Å². The van der Waals surface area contributed by atoms with Gasteiger partial charge in [0.25, 0.3) is 0 Å². The van der Waals surface area contributed by atoms with Gasteiger partial charge in [0.05, 0.1) is 0 Å². The van der Waals surface area contributed by atoms with E-state index in [9.17, 15) is 0 Å². The standard InChI is InChI=1S/C11H15N7S/c12-7-6-9(15-10(13)14-7)19-11-17-16-8-4-2-1-3-5-18(8)11/h6H,1-5H2,(H4,12,13,14,15). The largest absolute Gasteiger partial charge is 0.383 e. The van der Waals surface area contributed by atoms with Crippen LogP contribution in [0.2, 0.25) is 0 Å². The summed E-state index contributed by atoms with van der Waals surface area (Å²) in [6, 6.07) is 1.69. The van der Waals surface area contributed by atoms with E-state index in [-0.39, 0.29) is 5.95 Å². The molecule has 4 N–H and O–H groups in total. The second-order valence-electron chi connectivity index (χ2n) is 4.45. The highest BCUT2D eigenvalue weighted by atomic mass is 32.2. The number of nitrogens with zero attached hydrogens (tertiary/aromatic N) is 5. The van der Waals surface area contributed by atoms with Crippen molar-refractivity contribution in [3.8, 4) is 0 Å². The predicted molar refractivity (Wildman–Crippen MR) is 72.6 cm³/mol. The van der Waals surface area contributed by atoms with Crippen LogP contribution < -0.4 is 11.5 Å². The van der Waals surface area contributed by atoms with Crippen molar-refractivity contribution >= 4 is 23.5 Å². The van der Waals surface area contributed by atoms with Gasteiger partial charge in [0.1, 0.15) is 16.7 Å². The Kier molecular flexibility index (Phi) is 3.24. The lowest BCUT2D eigenvalue weighted by molar-refractivity contribution is 0.590. The topological polar surface area (TPSA) is 109 Å². The zero-order chi connectivity index (χ0) is 13.2. The molecule has 3 heterocycles. The Balaban J connectivity index is 1.89. The molecule has 0 bridgehead atoms. The van der Waals surface area contributed by atoms with Gasteiger partial charge >= 0.3 is 0 Å². The third kappa shape index (κ3) is 2.62. The van der Waals surface area contributed by atoms with E-state index in [2.05, 4.69) is 24.7 Å². The predicted octanol–water partition coefficient (Wildman–Crippen LogP) is 1.11. The minimum absolute atomic E-state index is 0.179. The molecule has 7 nitrogen and oxygen atoms in total. The third-order valence-corrected chi connectivity index (χ3v) is 3.91. The molecule has 0 saturated carbocycles. The van der Waals surface area contributed by atoms with Crippen LogP contribution in [0.3, 0.4) is 0 Å². The summed E-state index contributed by atoms with van der Waals surface area (Å²) in [6.45, 7) is 0.959. The highest BCUT2D eigenvalue weighted by Crippen LogP contribution is 2.28. The molecular weight excluding hydrogens is 262 g/mol. The van der Waals surface area contributed by atoms with Crippen molar-refractivity contribution in [3.05, 3.63) is 11.9 Å². The Morgan fingerprint density at radius 2 is 2.00 bits per heavy atom. The molecule has 0 radical (unpaired) electrons. The van der Waals surface area contributed by atoms with Crippen LogP contribution in [0.15, 0.2) is 16.2 Å². The van der Waals surface area contributed by atoms with Gasteiger partial charge in [-0.3, -0.25) is 0 Å². The van der Waals surface area contributed by atoms with E-state index in [1.807, 2.05) is 0 Å². The summed E-state index contributed by atoms with van der Waals surface area (Å²) >= 11 is 1.42. The highest BCUT2D eigenvalue weighted by molar-refractivity contribution is 7.99. The summed E-state index contributed by atoms with van der Waals surface area (Å²) in [7, 11) is 0. The van der Waals surface area contributed by atoms with E-state index < -0.39 is 0 Å². The first-order valence-corrected chi connectivity index (χ1v) is 7.04. The highest BCUT2D eigenvalue weighted by Gasteiger charge is 2.16. The molecule has 0 spiro atoms. The SMILES string of the molecule is Nc1cc(Sc2nnc3n2CCCCC3)nc(N)n1. The van der Waals surface area contributed by atoms with Crippen molar-refractivity contribution < 1.29 is 0 Å². The normalized spacial score (nSPS) is 14.9. The maximum atomic E-state index is 5.66. The summed E-state index contributed by atoms with van der Waals surface area (Å²) in [4.78, 5) is 8.00. The summed E-state index contributed by atoms with van der Waals surface area (Å²) < 4.78 is 2.16. The zero-order valence-corrected chi connectivity index (χ0v) is 11.2. The van der Waals surface area contributed by atoms with E-state index in [4.69, 9.17) is 11.5 Å². The van der Waals surface area contributed by atoms with Crippen molar-refractivity contribution in [1.82, 2.24) is 24.7 Å². The van der Waals surface area contributed by atoms with E-state index in [0.717, 1.165) is 30.4 Å². The smallest absolute Gasteiger partial charge is 0.223 e. The lowest BCUT2D eigenvalue weighted by Crippen LogP contribution is -2.03. The quantitative estimate of drug-likeness (QED) is 0.791. The summed E-state index contributed by atoms with van der Waals surface area (Å²) in [6.07, 6.45) is 4.56. The van der Waals surface area contributed by atoms with Gasteiger partial charge in [0.15, 0.2) is 5.16 Å². The van der Waals surface area contributed by atoms with Crippen LogP contribution in [-0.4, -0.2) is 24.7 Å². The molecule has 8 heteroatoms. The maximum Gasteiger partial charge on any atom is 0.223 e. The molecule has 0 saturated heterocycles. The van der Waals surface area contributed by atoms with Crippen molar-refractivity contribution in [1.29, 1.82) is 0 Å². The Hall–Kier alpha value is -1.83. The second kappa shape index (κ2) is 5.04. The Bertz CT molecular complexity index is 574. The molecule has 1 aliphatic rings. The fourth-order valence-electron chi connectivity index (χ4n) is 2.14. The first-order chi connectivity index (χ1) is 9.22. The van der Waals surface area contributed by atoms with Gasteiger partial charge in [-0.1, -0.05) is 6.42 Å². The maximum absolute atomic E-state index is 5.66. The fraction of sp³-hybridized carbons (Fsp3) is 0.455. The molecule has 19 heavy (non-hydrogen) atoms. The van der Waals surface area contributed by atoms with Crippen LogP contribution in [0.1, 0.15) is 25.1 Å². The summed E-state index contributed by atoms with van der Waals surface area (Å²) in [5, 5.41) is 10.0. The van der Waals surface area contributed by atoms with E-state index in [1.165, 1.54) is 24.6 Å². The number of hydrogen-bond acceptors (Lipinski definition) is 7. The molecule has 3 rings (SSSR count). The van der Waals surface area contributed by atoms with Crippen molar-refractivity contribution in [2.24, 2.45) is 0 Å². The molecule has 0 amide bonds. The number of rotatable bonds is 2. The Morgan fingerprint density at radius 3 is 2.84 bits per heavy atom. The van der Waals surface area contributed by atoms with Crippen LogP contribution in [0.5, 0.6) is 0 Å². The van der Waals surface area contributed by atoms with Gasteiger partial charge in [-0.25, -0.2) is 4.98 Å². The van der Waals surface area contributed by atoms with Crippen molar-refractivity contribution in [2.45, 2.75) is 42.4 Å². The van der Waals surface area contributed by atoms with Crippen LogP contribution in [0.25, 0.3) is 0 Å². The molecule has 0 atom stereocenters. The lowest BCUT2D eigenvalue weighted by Gasteiger charge is -2.06. The molecule has 2 aromatic heterocycles. The molecule has 0 aromatic carbocycles. The lowest BCUT2D eigenvalue weighted by atomic mass is 10.2. The average molecular weight is 277 g/mol. The molecule has 0 aliphatic carbocycles. The van der Waals surface area contributed by atoms with E-state index in [0.29, 0.717) is 10.8 Å². The number of nitrogen functional groups attached to an aromatic ring is 2. The van der Waals surface area contributed by atoms with Crippen LogP contribution >= 0.6 is 11.8 Å². The first-order valence-electron chi connectivity index (χ1n) is 6.22. The molecular formula is C11H15N7S. The van der Waals surface area contributed by atoms with E-state index in [1.54, 1.807) is 6.07 Å². The van der Waals surface area contributed by atoms with Gasteiger partial charge < -0.3 is 16.0 Å². The van der Waals surface area contributed by atoms with Gasteiger partial charge in [0.2, 0.25) is 5.95 Å². The molecule has 2 aromatic rings. The number of nitrogens with two attached hydrogens (primary N) is 2. The molecule has 100 valence electrons. The van der Waals surface area contributed by atoms with Gasteiger partial charge in [-0.2, -0.15) is 4.98 Å². The summed E-state index contributed by atoms with van der Waals surface area (Å²) in [5.74, 6) is 1.60. The molecule has 0 fully saturated rings. The van der Waals surface area contributed by atoms with Crippen molar-refractivity contribution in [2.75, 3.05) is 11.5 Å². The van der Waals surface area contributed by atoms with Gasteiger partial charge in [-0.05, 0) is 24.6 Å². The third-order valence-electron chi connectivity index (χ3n) is 3.01. The number of anilines is 2. The summed E-state index contributed by atoms with van der Waals surface area (Å²) in [5.41, 5.74) is 11.3. The minimum Gasteiger partial charge on any atom is -0.383 e.